The van der Waals surface area contributed by atoms with Crippen LogP contribution in [-0.2, 0) is 30.2 Å². The monoisotopic (exact) mass is 653 g/mol. The molecule has 44 heavy (non-hydrogen) atoms. The van der Waals surface area contributed by atoms with Gasteiger partial charge in [0.05, 0.1) is 28.2 Å². The van der Waals surface area contributed by atoms with Gasteiger partial charge in [-0.3, -0.25) is 4.79 Å². The Hall–Kier alpha value is -2.93. The average Bonchev–Trinajstić information content (AvgIpc) is 3.37. The summed E-state index contributed by atoms with van der Waals surface area (Å²) >= 11 is 0. The fraction of sp³-hybridized carbons (Fsp3) is 0.469. The Bertz CT molecular complexity index is 1530. The number of esters is 1. The van der Waals surface area contributed by atoms with E-state index in [1.807, 2.05) is 40.8 Å². The summed E-state index contributed by atoms with van der Waals surface area (Å²) in [6, 6.07) is 11.3. The van der Waals surface area contributed by atoms with E-state index < -0.39 is 60.2 Å². The molecule has 0 saturated carbocycles. The number of alkyl halides is 3. The quantitative estimate of drug-likeness (QED) is 0.175. The molecule has 0 aliphatic rings. The van der Waals surface area contributed by atoms with Crippen molar-refractivity contribution in [2.24, 2.45) is 5.41 Å². The van der Waals surface area contributed by atoms with Gasteiger partial charge >= 0.3 is 12.1 Å². The lowest BCUT2D eigenvalue weighted by atomic mass is 9.97. The van der Waals surface area contributed by atoms with E-state index >= 15 is 0 Å². The number of nitrogens with one attached hydrogen (secondary N) is 1. The van der Waals surface area contributed by atoms with Crippen LogP contribution in [0.4, 0.5) is 13.2 Å². The predicted octanol–water partition coefficient (Wildman–Crippen LogP) is 8.33. The minimum absolute atomic E-state index is 0.000154. The average molecular weight is 654 g/mol. The van der Waals surface area contributed by atoms with Crippen molar-refractivity contribution in [3.05, 3.63) is 88.9 Å². The maximum atomic E-state index is 13.5. The molecule has 3 aromatic rings. The van der Waals surface area contributed by atoms with Crippen molar-refractivity contribution in [2.75, 3.05) is 6.61 Å². The summed E-state index contributed by atoms with van der Waals surface area (Å²) in [5.41, 5.74) is 0.0311. The number of sulfonamides is 1. The second-order valence-corrected chi connectivity index (χ2v) is 19.9. The van der Waals surface area contributed by atoms with Crippen molar-refractivity contribution in [3.63, 3.8) is 0 Å². The van der Waals surface area contributed by atoms with E-state index in [2.05, 4.69) is 4.72 Å². The van der Waals surface area contributed by atoms with E-state index in [9.17, 15) is 26.4 Å². The number of benzene rings is 2. The van der Waals surface area contributed by atoms with Crippen LogP contribution in [-0.4, -0.2) is 29.3 Å². The molecule has 3 rings (SSSR count). The van der Waals surface area contributed by atoms with Gasteiger partial charge in [0.2, 0.25) is 10.0 Å². The molecule has 0 amide bonds. The molecule has 0 aliphatic carbocycles. The van der Waals surface area contributed by atoms with Crippen LogP contribution in [0.2, 0.25) is 18.1 Å². The van der Waals surface area contributed by atoms with Gasteiger partial charge < -0.3 is 13.6 Å². The zero-order valence-corrected chi connectivity index (χ0v) is 28.4. The van der Waals surface area contributed by atoms with Crippen LogP contribution < -0.4 is 4.72 Å². The van der Waals surface area contributed by atoms with Crippen molar-refractivity contribution in [3.8, 4) is 0 Å². The van der Waals surface area contributed by atoms with Crippen molar-refractivity contribution in [1.29, 1.82) is 0 Å². The van der Waals surface area contributed by atoms with Crippen LogP contribution in [0.15, 0.2) is 70.2 Å². The number of carbonyl (C=O) groups is 1. The van der Waals surface area contributed by atoms with Crippen LogP contribution in [0.1, 0.15) is 81.7 Å². The minimum Gasteiger partial charge on any atom is -0.467 e. The topological polar surface area (TPSA) is 94.8 Å². The van der Waals surface area contributed by atoms with E-state index in [-0.39, 0.29) is 15.7 Å². The summed E-state index contributed by atoms with van der Waals surface area (Å²) in [6.45, 7) is 16.6. The van der Waals surface area contributed by atoms with E-state index in [1.165, 1.54) is 30.5 Å². The molecule has 0 aliphatic heterocycles. The molecule has 0 fully saturated rings. The molecule has 0 unspecified atom stereocenters. The Labute approximate surface area is 259 Å². The summed E-state index contributed by atoms with van der Waals surface area (Å²) in [6.07, 6.45) is -4.07. The number of ether oxygens (including phenoxy) is 1. The lowest BCUT2D eigenvalue weighted by molar-refractivity contribution is -0.153. The van der Waals surface area contributed by atoms with Crippen molar-refractivity contribution in [2.45, 2.75) is 89.8 Å². The maximum absolute atomic E-state index is 13.5. The van der Waals surface area contributed by atoms with Crippen LogP contribution in [0, 0.1) is 12.3 Å². The molecule has 0 saturated heterocycles. The smallest absolute Gasteiger partial charge is 0.416 e. The lowest BCUT2D eigenvalue weighted by Crippen LogP contribution is -2.42. The van der Waals surface area contributed by atoms with E-state index in [1.54, 1.807) is 39.0 Å². The first-order chi connectivity index (χ1) is 20.0. The number of furan rings is 1. The normalized spacial score (nSPS) is 14.7. The molecule has 1 heterocycles. The summed E-state index contributed by atoms with van der Waals surface area (Å²) in [7, 11) is -6.70. The first-order valence-electron chi connectivity index (χ1n) is 14.2. The third-order valence-corrected chi connectivity index (χ3v) is 13.6. The van der Waals surface area contributed by atoms with Crippen LogP contribution in [0.5, 0.6) is 0 Å². The highest BCUT2D eigenvalue weighted by Gasteiger charge is 2.42. The fourth-order valence-corrected chi connectivity index (χ4v) is 6.36. The second-order valence-electron chi connectivity index (χ2n) is 13.5. The van der Waals surface area contributed by atoms with Gasteiger partial charge in [0.15, 0.2) is 8.32 Å². The highest BCUT2D eigenvalue weighted by atomic mass is 32.2. The standard InChI is InChI=1S/C32H42F3NO6SSi/c1-21-10-16-24(17-11-21)43(38,39)36-26(20-41-29(37)30(2,3)4)28-25(18-19-40-28)27(42-44(8,9)31(5,6)7)22-12-14-23(15-13-22)32(33,34)35/h10-19,26-27,36H,20H2,1-9H3/t26-,27+/m0/s1. The Balaban J connectivity index is 2.15. The molecule has 2 atom stereocenters. The van der Waals surface area contributed by atoms with E-state index in [0.29, 0.717) is 11.1 Å². The molecular formula is C32H42F3NO6SSi. The molecule has 0 spiro atoms. The van der Waals surface area contributed by atoms with Gasteiger partial charge in [-0.05, 0) is 81.7 Å². The summed E-state index contributed by atoms with van der Waals surface area (Å²) in [5, 5.41) is -0.268. The van der Waals surface area contributed by atoms with Gasteiger partial charge in [-0.2, -0.15) is 17.9 Å². The van der Waals surface area contributed by atoms with Crippen LogP contribution in [0.3, 0.4) is 0 Å². The van der Waals surface area contributed by atoms with Gasteiger partial charge in [-0.25, -0.2) is 8.42 Å². The number of halogens is 3. The molecule has 1 N–H and O–H groups in total. The minimum atomic E-state index is -4.52. The zero-order valence-electron chi connectivity index (χ0n) is 26.6. The van der Waals surface area contributed by atoms with Gasteiger partial charge in [-0.15, -0.1) is 0 Å². The summed E-state index contributed by atoms with van der Waals surface area (Å²) in [5.74, 6) is -0.437. The molecular weight excluding hydrogens is 612 g/mol. The Morgan fingerprint density at radius 3 is 2.00 bits per heavy atom. The number of aryl methyl sites for hydroxylation is 1. The molecule has 2 aromatic carbocycles. The first-order valence-corrected chi connectivity index (χ1v) is 18.6. The first kappa shape index (κ1) is 35.5. The highest BCUT2D eigenvalue weighted by Crippen LogP contribution is 2.43. The SMILES string of the molecule is Cc1ccc(S(=O)(=O)N[C@@H](COC(=O)C(C)(C)C)c2occc2[C@H](O[Si](C)(C)C(C)(C)C)c2ccc(C(F)(F)F)cc2)cc1. The summed E-state index contributed by atoms with van der Waals surface area (Å²) < 4.78 is 88.0. The molecule has 0 bridgehead atoms. The van der Waals surface area contributed by atoms with Gasteiger partial charge in [0.25, 0.3) is 0 Å². The van der Waals surface area contributed by atoms with Gasteiger partial charge in [-0.1, -0.05) is 50.6 Å². The number of rotatable bonds is 10. The maximum Gasteiger partial charge on any atom is 0.416 e. The molecule has 12 heteroatoms. The van der Waals surface area contributed by atoms with Crippen molar-refractivity contribution < 1.29 is 40.0 Å². The molecule has 1 aromatic heterocycles. The van der Waals surface area contributed by atoms with Gasteiger partial charge in [0, 0.05) is 5.56 Å². The number of hydrogen-bond acceptors (Lipinski definition) is 6. The van der Waals surface area contributed by atoms with E-state index in [4.69, 9.17) is 13.6 Å². The van der Waals surface area contributed by atoms with Crippen molar-refractivity contribution in [1.82, 2.24) is 4.72 Å². The summed E-state index contributed by atoms with van der Waals surface area (Å²) in [4.78, 5) is 12.7. The second kappa shape index (κ2) is 12.8. The Morgan fingerprint density at radius 2 is 1.50 bits per heavy atom. The zero-order chi connectivity index (χ0) is 33.3. The van der Waals surface area contributed by atoms with Crippen LogP contribution >= 0.6 is 0 Å². The van der Waals surface area contributed by atoms with Gasteiger partial charge in [0.1, 0.15) is 18.4 Å². The number of hydrogen-bond donors (Lipinski definition) is 1. The predicted molar refractivity (Wildman–Crippen MR) is 165 cm³/mol. The molecule has 0 radical (unpaired) electrons. The third-order valence-electron chi connectivity index (χ3n) is 7.71. The third kappa shape index (κ3) is 8.61. The fourth-order valence-electron chi connectivity index (χ4n) is 3.97. The van der Waals surface area contributed by atoms with Crippen LogP contribution in [0.25, 0.3) is 0 Å². The molecule has 7 nitrogen and oxygen atoms in total. The number of carbonyl (C=O) groups excluding carboxylic acids is 1. The highest BCUT2D eigenvalue weighted by molar-refractivity contribution is 7.89. The Morgan fingerprint density at radius 1 is 0.932 bits per heavy atom. The Kier molecular flexibility index (Phi) is 10.4. The lowest BCUT2D eigenvalue weighted by Gasteiger charge is -2.39. The van der Waals surface area contributed by atoms with Crippen molar-refractivity contribution >= 4 is 24.3 Å². The molecule has 242 valence electrons. The largest absolute Gasteiger partial charge is 0.467 e. The van der Waals surface area contributed by atoms with E-state index in [0.717, 1.165) is 17.7 Å².